The molecular weight excluding hydrogens is 335 g/mol. The molecule has 1 N–H and O–H groups in total. The molecule has 1 aromatic heterocycles. The molecule has 1 amide bonds. The number of hydrogen-bond donors (Lipinski definition) is 1. The number of carbonyl (C=O) groups excluding carboxylic acids is 1. The summed E-state index contributed by atoms with van der Waals surface area (Å²) in [6.07, 6.45) is 1.39. The SMILES string of the molecule is CC(C)NC(=O)/C(C#N)=C\c1ccc(-c2cc(Cl)ccc2Cl)o1. The van der Waals surface area contributed by atoms with Crippen molar-refractivity contribution in [2.24, 2.45) is 0 Å². The van der Waals surface area contributed by atoms with E-state index in [2.05, 4.69) is 5.32 Å². The number of nitrogens with zero attached hydrogens (tertiary/aromatic N) is 1. The van der Waals surface area contributed by atoms with Crippen LogP contribution in [0, 0.1) is 11.3 Å². The van der Waals surface area contributed by atoms with Crippen LogP contribution in [0.15, 0.2) is 40.3 Å². The first kappa shape index (κ1) is 17.1. The van der Waals surface area contributed by atoms with Crippen LogP contribution in [-0.4, -0.2) is 11.9 Å². The Morgan fingerprint density at radius 3 is 2.70 bits per heavy atom. The number of hydrogen-bond acceptors (Lipinski definition) is 3. The van der Waals surface area contributed by atoms with E-state index in [4.69, 9.17) is 32.9 Å². The molecule has 0 spiro atoms. The molecule has 2 aromatic rings. The molecule has 0 fully saturated rings. The van der Waals surface area contributed by atoms with Crippen molar-refractivity contribution in [1.82, 2.24) is 5.32 Å². The quantitative estimate of drug-likeness (QED) is 0.643. The highest BCUT2D eigenvalue weighted by molar-refractivity contribution is 6.35. The highest BCUT2D eigenvalue weighted by atomic mass is 35.5. The third-order valence-corrected chi connectivity index (χ3v) is 3.46. The summed E-state index contributed by atoms with van der Waals surface area (Å²) < 4.78 is 5.64. The Kier molecular flexibility index (Phi) is 5.49. The van der Waals surface area contributed by atoms with E-state index in [1.807, 2.05) is 19.9 Å². The van der Waals surface area contributed by atoms with E-state index in [0.717, 1.165) is 0 Å². The van der Waals surface area contributed by atoms with Gasteiger partial charge in [0.05, 0.1) is 5.02 Å². The minimum Gasteiger partial charge on any atom is -0.457 e. The molecule has 23 heavy (non-hydrogen) atoms. The number of nitrogens with one attached hydrogen (secondary N) is 1. The summed E-state index contributed by atoms with van der Waals surface area (Å²) in [6.45, 7) is 3.64. The van der Waals surface area contributed by atoms with Gasteiger partial charge in [-0.1, -0.05) is 23.2 Å². The second-order valence-electron chi connectivity index (χ2n) is 5.12. The maximum absolute atomic E-state index is 11.9. The van der Waals surface area contributed by atoms with Crippen molar-refractivity contribution in [1.29, 1.82) is 5.26 Å². The molecule has 0 saturated carbocycles. The zero-order valence-electron chi connectivity index (χ0n) is 12.6. The smallest absolute Gasteiger partial charge is 0.262 e. The van der Waals surface area contributed by atoms with E-state index in [1.54, 1.807) is 30.3 Å². The predicted molar refractivity (Wildman–Crippen MR) is 91.0 cm³/mol. The molecule has 0 atom stereocenters. The average Bonchev–Trinajstić information content (AvgIpc) is 2.94. The summed E-state index contributed by atoms with van der Waals surface area (Å²) >= 11 is 12.1. The minimum absolute atomic E-state index is 0.0307. The Bertz CT molecular complexity index is 801. The number of halogens is 2. The topological polar surface area (TPSA) is 66.0 Å². The largest absolute Gasteiger partial charge is 0.457 e. The lowest BCUT2D eigenvalue weighted by atomic mass is 10.2. The van der Waals surface area contributed by atoms with Crippen molar-refractivity contribution in [3.05, 3.63) is 51.7 Å². The van der Waals surface area contributed by atoms with Crippen molar-refractivity contribution in [2.45, 2.75) is 19.9 Å². The van der Waals surface area contributed by atoms with Gasteiger partial charge in [-0.15, -0.1) is 0 Å². The van der Waals surface area contributed by atoms with E-state index in [1.165, 1.54) is 6.08 Å². The van der Waals surface area contributed by atoms with Gasteiger partial charge in [-0.2, -0.15) is 5.26 Å². The molecule has 2 rings (SSSR count). The van der Waals surface area contributed by atoms with Gasteiger partial charge in [0.2, 0.25) is 0 Å². The van der Waals surface area contributed by atoms with Gasteiger partial charge in [0.15, 0.2) is 0 Å². The van der Waals surface area contributed by atoms with E-state index in [-0.39, 0.29) is 11.6 Å². The fourth-order valence-corrected chi connectivity index (χ4v) is 2.28. The maximum atomic E-state index is 11.9. The van der Waals surface area contributed by atoms with Crippen LogP contribution >= 0.6 is 23.2 Å². The van der Waals surface area contributed by atoms with Gasteiger partial charge < -0.3 is 9.73 Å². The lowest BCUT2D eigenvalue weighted by Gasteiger charge is -2.06. The maximum Gasteiger partial charge on any atom is 0.262 e. The zero-order chi connectivity index (χ0) is 17.0. The number of amides is 1. The lowest BCUT2D eigenvalue weighted by Crippen LogP contribution is -2.30. The molecule has 0 aliphatic carbocycles. The monoisotopic (exact) mass is 348 g/mol. The van der Waals surface area contributed by atoms with Gasteiger partial charge >= 0.3 is 0 Å². The second-order valence-corrected chi connectivity index (χ2v) is 5.97. The molecular formula is C17H14Cl2N2O2. The Balaban J connectivity index is 2.31. The fraction of sp³-hybridized carbons (Fsp3) is 0.176. The Hall–Kier alpha value is -2.22. The van der Waals surface area contributed by atoms with Gasteiger partial charge in [0, 0.05) is 22.7 Å². The number of rotatable bonds is 4. The summed E-state index contributed by atoms with van der Waals surface area (Å²) in [5.41, 5.74) is 0.612. The van der Waals surface area contributed by atoms with Crippen LogP contribution in [0.3, 0.4) is 0 Å². The Morgan fingerprint density at radius 2 is 2.04 bits per heavy atom. The van der Waals surface area contributed by atoms with Crippen LogP contribution in [0.25, 0.3) is 17.4 Å². The van der Waals surface area contributed by atoms with E-state index in [0.29, 0.717) is 27.1 Å². The normalized spacial score (nSPS) is 11.4. The van der Waals surface area contributed by atoms with Gasteiger partial charge in [0.1, 0.15) is 23.2 Å². The second kappa shape index (κ2) is 7.36. The molecule has 0 unspecified atom stereocenters. The molecule has 0 aliphatic rings. The minimum atomic E-state index is -0.443. The van der Waals surface area contributed by atoms with Gasteiger partial charge in [-0.05, 0) is 44.2 Å². The Labute approximate surface area is 144 Å². The van der Waals surface area contributed by atoms with E-state index in [9.17, 15) is 4.79 Å². The number of nitriles is 1. The standard InChI is InChI=1S/C17H14Cl2N2O2/c1-10(2)21-17(22)11(9-20)7-13-4-6-16(23-13)14-8-12(18)3-5-15(14)19/h3-8,10H,1-2H3,(H,21,22)/b11-7-. The summed E-state index contributed by atoms with van der Waals surface area (Å²) in [5.74, 6) is 0.443. The third-order valence-electron chi connectivity index (χ3n) is 2.89. The highest BCUT2D eigenvalue weighted by Crippen LogP contribution is 2.32. The molecule has 118 valence electrons. The average molecular weight is 349 g/mol. The molecule has 1 heterocycles. The first-order valence-electron chi connectivity index (χ1n) is 6.88. The lowest BCUT2D eigenvalue weighted by molar-refractivity contribution is -0.117. The zero-order valence-corrected chi connectivity index (χ0v) is 14.1. The van der Waals surface area contributed by atoms with Crippen LogP contribution < -0.4 is 5.32 Å². The molecule has 0 saturated heterocycles. The number of furan rings is 1. The van der Waals surface area contributed by atoms with Crippen LogP contribution in [0.1, 0.15) is 19.6 Å². The van der Waals surface area contributed by atoms with Crippen LogP contribution in [-0.2, 0) is 4.79 Å². The van der Waals surface area contributed by atoms with Crippen molar-refractivity contribution in [2.75, 3.05) is 0 Å². The van der Waals surface area contributed by atoms with Crippen LogP contribution in [0.4, 0.5) is 0 Å². The summed E-state index contributed by atoms with van der Waals surface area (Å²) in [4.78, 5) is 11.9. The highest BCUT2D eigenvalue weighted by Gasteiger charge is 2.13. The molecule has 1 aromatic carbocycles. The predicted octanol–water partition coefficient (Wildman–Crippen LogP) is 4.68. The van der Waals surface area contributed by atoms with Crippen molar-refractivity contribution >= 4 is 35.2 Å². The number of carbonyl (C=O) groups is 1. The number of benzene rings is 1. The van der Waals surface area contributed by atoms with Crippen molar-refractivity contribution < 1.29 is 9.21 Å². The Morgan fingerprint density at radius 1 is 1.30 bits per heavy atom. The van der Waals surface area contributed by atoms with Crippen LogP contribution in [0.5, 0.6) is 0 Å². The van der Waals surface area contributed by atoms with Crippen molar-refractivity contribution in [3.63, 3.8) is 0 Å². The molecule has 0 radical (unpaired) electrons. The molecule has 0 bridgehead atoms. The van der Waals surface area contributed by atoms with Gasteiger partial charge in [-0.3, -0.25) is 4.79 Å². The summed E-state index contributed by atoms with van der Waals surface area (Å²) in [5, 5.41) is 12.8. The summed E-state index contributed by atoms with van der Waals surface area (Å²) in [7, 11) is 0. The first-order chi connectivity index (χ1) is 10.9. The van der Waals surface area contributed by atoms with E-state index >= 15 is 0 Å². The molecule has 4 nitrogen and oxygen atoms in total. The van der Waals surface area contributed by atoms with Gasteiger partial charge in [0.25, 0.3) is 5.91 Å². The van der Waals surface area contributed by atoms with E-state index < -0.39 is 5.91 Å². The first-order valence-corrected chi connectivity index (χ1v) is 7.64. The van der Waals surface area contributed by atoms with Crippen LogP contribution in [0.2, 0.25) is 10.0 Å². The third kappa shape index (κ3) is 4.38. The fourth-order valence-electron chi connectivity index (χ4n) is 1.89. The van der Waals surface area contributed by atoms with Crippen molar-refractivity contribution in [3.8, 4) is 17.4 Å². The summed E-state index contributed by atoms with van der Waals surface area (Å²) in [6, 6.07) is 10.2. The molecule has 0 aliphatic heterocycles. The van der Waals surface area contributed by atoms with Gasteiger partial charge in [-0.25, -0.2) is 0 Å². The molecule has 6 heteroatoms.